The van der Waals surface area contributed by atoms with Gasteiger partial charge in [-0.05, 0) is 48.1 Å². The maximum absolute atomic E-state index is 12.0. The van der Waals surface area contributed by atoms with E-state index in [0.717, 1.165) is 37.9 Å². The van der Waals surface area contributed by atoms with Gasteiger partial charge in [0.25, 0.3) is 0 Å². The number of aromatic nitrogens is 1. The monoisotopic (exact) mass is 455 g/mol. The van der Waals surface area contributed by atoms with Crippen molar-refractivity contribution >= 4 is 12.0 Å². The van der Waals surface area contributed by atoms with Crippen LogP contribution in [0.5, 0.6) is 0 Å². The Morgan fingerprint density at radius 1 is 1.00 bits per heavy atom. The van der Waals surface area contributed by atoms with E-state index in [1.54, 1.807) is 24.5 Å². The maximum atomic E-state index is 12.0. The smallest absolute Gasteiger partial charge is 0.244 e. The number of likely N-dealkylation sites (tertiary alicyclic amines) is 1. The summed E-state index contributed by atoms with van der Waals surface area (Å²) in [4.78, 5) is 18.6. The molecule has 0 radical (unpaired) electrons. The molecule has 176 valence electrons. The normalized spacial score (nSPS) is 15.1. The summed E-state index contributed by atoms with van der Waals surface area (Å²) in [6, 6.07) is 25.6. The average Bonchev–Trinajstić information content (AvgIpc) is 2.90. The standard InChI is InChI=1S/C29H33N3O2/c33-28(15-14-24-9-7-18-30-23-24)31-19-8-22-34-27-16-20-32(21-17-27)29(25-10-3-1-4-11-25)26-12-5-2-6-13-26/h1-7,9-15,18,23,27,29H,8,16-17,19-22H2,(H,31,33). The van der Waals surface area contributed by atoms with Crippen LogP contribution in [-0.4, -0.2) is 48.1 Å². The first-order valence-electron chi connectivity index (χ1n) is 12.1. The molecule has 1 aliphatic rings. The Morgan fingerprint density at radius 3 is 2.29 bits per heavy atom. The number of rotatable bonds is 10. The van der Waals surface area contributed by atoms with E-state index in [-0.39, 0.29) is 18.1 Å². The summed E-state index contributed by atoms with van der Waals surface area (Å²) in [7, 11) is 0. The Labute approximate surface area is 202 Å². The van der Waals surface area contributed by atoms with Crippen molar-refractivity contribution in [2.75, 3.05) is 26.2 Å². The van der Waals surface area contributed by atoms with Crippen LogP contribution in [0.3, 0.4) is 0 Å². The molecule has 5 heteroatoms. The van der Waals surface area contributed by atoms with Crippen LogP contribution >= 0.6 is 0 Å². The van der Waals surface area contributed by atoms with Crippen molar-refractivity contribution in [3.05, 3.63) is 108 Å². The SMILES string of the molecule is O=C(C=Cc1cccnc1)NCCCOC1CCN(C(c2ccccc2)c2ccccc2)CC1. The fourth-order valence-electron chi connectivity index (χ4n) is 4.42. The zero-order valence-corrected chi connectivity index (χ0v) is 19.6. The van der Waals surface area contributed by atoms with Crippen LogP contribution < -0.4 is 5.32 Å². The fourth-order valence-corrected chi connectivity index (χ4v) is 4.42. The lowest BCUT2D eigenvalue weighted by Gasteiger charge is -2.38. The summed E-state index contributed by atoms with van der Waals surface area (Å²) in [6.45, 7) is 3.29. The minimum absolute atomic E-state index is 0.0926. The van der Waals surface area contributed by atoms with Gasteiger partial charge in [0.05, 0.1) is 12.1 Å². The van der Waals surface area contributed by atoms with Crippen LogP contribution in [-0.2, 0) is 9.53 Å². The Bertz CT molecular complexity index is 978. The number of nitrogens with one attached hydrogen (secondary N) is 1. The minimum atomic E-state index is -0.0926. The molecule has 0 spiro atoms. The second-order valence-corrected chi connectivity index (χ2v) is 8.59. The van der Waals surface area contributed by atoms with Crippen LogP contribution in [0.15, 0.2) is 91.3 Å². The van der Waals surface area contributed by atoms with Gasteiger partial charge in [0.2, 0.25) is 5.91 Å². The number of amides is 1. The molecule has 34 heavy (non-hydrogen) atoms. The van der Waals surface area contributed by atoms with E-state index in [1.165, 1.54) is 11.1 Å². The molecule has 0 unspecified atom stereocenters. The molecule has 5 nitrogen and oxygen atoms in total. The van der Waals surface area contributed by atoms with Gasteiger partial charge in [-0.2, -0.15) is 0 Å². The van der Waals surface area contributed by atoms with Gasteiger partial charge in [0, 0.05) is 44.7 Å². The predicted molar refractivity (Wildman–Crippen MR) is 136 cm³/mol. The van der Waals surface area contributed by atoms with E-state index in [4.69, 9.17) is 4.74 Å². The molecule has 0 atom stereocenters. The molecule has 2 aromatic carbocycles. The number of benzene rings is 2. The van der Waals surface area contributed by atoms with Gasteiger partial charge in [-0.25, -0.2) is 0 Å². The van der Waals surface area contributed by atoms with Gasteiger partial charge in [-0.3, -0.25) is 14.7 Å². The number of nitrogens with zero attached hydrogens (tertiary/aromatic N) is 2. The summed E-state index contributed by atoms with van der Waals surface area (Å²) >= 11 is 0. The van der Waals surface area contributed by atoms with E-state index < -0.39 is 0 Å². The fraction of sp³-hybridized carbons (Fsp3) is 0.310. The van der Waals surface area contributed by atoms with Gasteiger partial charge in [-0.15, -0.1) is 0 Å². The lowest BCUT2D eigenvalue weighted by molar-refractivity contribution is -0.116. The van der Waals surface area contributed by atoms with Crippen LogP contribution in [0, 0.1) is 0 Å². The Balaban J connectivity index is 1.18. The average molecular weight is 456 g/mol. The highest BCUT2D eigenvalue weighted by Crippen LogP contribution is 2.31. The minimum Gasteiger partial charge on any atom is -0.378 e. The number of ether oxygens (including phenoxy) is 1. The molecular formula is C29H33N3O2. The van der Waals surface area contributed by atoms with Crippen molar-refractivity contribution in [3.63, 3.8) is 0 Å². The molecule has 0 bridgehead atoms. The number of hydrogen-bond donors (Lipinski definition) is 1. The van der Waals surface area contributed by atoms with Gasteiger partial charge < -0.3 is 10.1 Å². The summed E-state index contributed by atoms with van der Waals surface area (Å²) in [6.07, 6.45) is 9.89. The maximum Gasteiger partial charge on any atom is 0.244 e. The molecule has 0 aliphatic carbocycles. The van der Waals surface area contributed by atoms with Crippen molar-refractivity contribution in [1.82, 2.24) is 15.2 Å². The molecule has 1 N–H and O–H groups in total. The quantitative estimate of drug-likeness (QED) is 0.350. The first-order valence-corrected chi connectivity index (χ1v) is 12.1. The largest absolute Gasteiger partial charge is 0.378 e. The van der Waals surface area contributed by atoms with Crippen LogP contribution in [0.4, 0.5) is 0 Å². The van der Waals surface area contributed by atoms with Gasteiger partial charge >= 0.3 is 0 Å². The summed E-state index contributed by atoms with van der Waals surface area (Å²) < 4.78 is 6.13. The lowest BCUT2D eigenvalue weighted by atomic mass is 9.94. The Hall–Kier alpha value is -3.28. The van der Waals surface area contributed by atoms with Crippen molar-refractivity contribution < 1.29 is 9.53 Å². The lowest BCUT2D eigenvalue weighted by Crippen LogP contribution is -2.40. The van der Waals surface area contributed by atoms with Crippen molar-refractivity contribution in [1.29, 1.82) is 0 Å². The van der Waals surface area contributed by atoms with Crippen LogP contribution in [0.25, 0.3) is 6.08 Å². The van der Waals surface area contributed by atoms with Crippen molar-refractivity contribution in [3.8, 4) is 0 Å². The Kier molecular flexibility index (Phi) is 9.00. The molecule has 1 aromatic heterocycles. The Morgan fingerprint density at radius 2 is 1.68 bits per heavy atom. The molecule has 3 aromatic rings. The molecule has 2 heterocycles. The molecule has 0 saturated carbocycles. The number of pyridine rings is 1. The topological polar surface area (TPSA) is 54.5 Å². The number of carbonyl (C=O) groups excluding carboxylic acids is 1. The second kappa shape index (κ2) is 12.8. The summed E-state index contributed by atoms with van der Waals surface area (Å²) in [5, 5.41) is 2.91. The van der Waals surface area contributed by atoms with E-state index in [1.807, 2.05) is 12.1 Å². The number of hydrogen-bond acceptors (Lipinski definition) is 4. The molecular weight excluding hydrogens is 422 g/mol. The summed E-state index contributed by atoms with van der Waals surface area (Å²) in [5.41, 5.74) is 3.58. The van der Waals surface area contributed by atoms with Crippen molar-refractivity contribution in [2.45, 2.75) is 31.4 Å². The zero-order valence-electron chi connectivity index (χ0n) is 19.6. The van der Waals surface area contributed by atoms with Crippen LogP contribution in [0.1, 0.15) is 42.0 Å². The second-order valence-electron chi connectivity index (χ2n) is 8.59. The molecule has 1 aliphatic heterocycles. The predicted octanol–water partition coefficient (Wildman–Crippen LogP) is 4.87. The first kappa shape index (κ1) is 23.9. The van der Waals surface area contributed by atoms with Gasteiger partial charge in [0.1, 0.15) is 0 Å². The highest BCUT2D eigenvalue weighted by Gasteiger charge is 2.27. The molecule has 1 saturated heterocycles. The highest BCUT2D eigenvalue weighted by atomic mass is 16.5. The zero-order chi connectivity index (χ0) is 23.4. The highest BCUT2D eigenvalue weighted by molar-refractivity contribution is 5.91. The molecule has 4 rings (SSSR count). The third kappa shape index (κ3) is 7.11. The third-order valence-corrected chi connectivity index (χ3v) is 6.16. The van der Waals surface area contributed by atoms with E-state index in [9.17, 15) is 4.79 Å². The molecule has 1 fully saturated rings. The third-order valence-electron chi connectivity index (χ3n) is 6.16. The van der Waals surface area contributed by atoms with Crippen LogP contribution in [0.2, 0.25) is 0 Å². The summed E-state index contributed by atoms with van der Waals surface area (Å²) in [5.74, 6) is -0.0926. The van der Waals surface area contributed by atoms with E-state index in [2.05, 4.69) is 75.9 Å². The number of carbonyl (C=O) groups is 1. The van der Waals surface area contributed by atoms with Gasteiger partial charge in [0.15, 0.2) is 0 Å². The molecule has 1 amide bonds. The van der Waals surface area contributed by atoms with E-state index in [0.29, 0.717) is 13.2 Å². The number of piperidine rings is 1. The van der Waals surface area contributed by atoms with Gasteiger partial charge in [-0.1, -0.05) is 66.7 Å². The van der Waals surface area contributed by atoms with Crippen molar-refractivity contribution in [2.24, 2.45) is 0 Å². The van der Waals surface area contributed by atoms with E-state index >= 15 is 0 Å². The first-order chi connectivity index (χ1) is 16.8.